The first-order chi connectivity index (χ1) is 13.5. The Bertz CT molecular complexity index is 975. The summed E-state index contributed by atoms with van der Waals surface area (Å²) in [6.45, 7) is 1.89. The van der Waals surface area contributed by atoms with Crippen LogP contribution < -0.4 is 4.74 Å². The summed E-state index contributed by atoms with van der Waals surface area (Å²) in [5, 5.41) is 10.7. The first kappa shape index (κ1) is 19.0. The van der Waals surface area contributed by atoms with E-state index in [-0.39, 0.29) is 23.3 Å². The lowest BCUT2D eigenvalue weighted by molar-refractivity contribution is -0.384. The number of rotatable bonds is 6. The third-order valence-corrected chi connectivity index (χ3v) is 3.81. The number of esters is 2. The number of aliphatic imine (C=N–C) groups is 1. The molecule has 0 radical (unpaired) electrons. The predicted octanol–water partition coefficient (Wildman–Crippen LogP) is 3.64. The molecule has 8 heteroatoms. The van der Waals surface area contributed by atoms with Crippen LogP contribution in [0.4, 0.5) is 5.69 Å². The second-order valence-electron chi connectivity index (χ2n) is 5.93. The van der Waals surface area contributed by atoms with E-state index in [1.807, 2.05) is 6.92 Å². The van der Waals surface area contributed by atoms with E-state index in [1.165, 1.54) is 24.3 Å². The molecule has 1 heterocycles. The molecule has 28 heavy (non-hydrogen) atoms. The number of benzene rings is 2. The van der Waals surface area contributed by atoms with Crippen molar-refractivity contribution in [3.05, 3.63) is 75.5 Å². The molecule has 0 atom stereocenters. The number of ether oxygens (including phenoxy) is 2. The quantitative estimate of drug-likeness (QED) is 0.249. The second-order valence-corrected chi connectivity index (χ2v) is 5.93. The van der Waals surface area contributed by atoms with E-state index in [0.717, 1.165) is 0 Å². The summed E-state index contributed by atoms with van der Waals surface area (Å²) in [5.74, 6) is -0.418. The van der Waals surface area contributed by atoms with Gasteiger partial charge in [0.1, 0.15) is 5.75 Å². The van der Waals surface area contributed by atoms with Crippen LogP contribution in [0.15, 0.2) is 59.2 Å². The Hall–Kier alpha value is -3.81. The summed E-state index contributed by atoms with van der Waals surface area (Å²) >= 11 is 0. The molecule has 0 aliphatic carbocycles. The van der Waals surface area contributed by atoms with E-state index in [9.17, 15) is 19.7 Å². The predicted molar refractivity (Wildman–Crippen MR) is 101 cm³/mol. The maximum atomic E-state index is 12.0. The molecule has 0 amide bonds. The van der Waals surface area contributed by atoms with Crippen molar-refractivity contribution in [2.75, 3.05) is 0 Å². The minimum absolute atomic E-state index is 0.0656. The van der Waals surface area contributed by atoms with Crippen molar-refractivity contribution in [3.8, 4) is 5.75 Å². The number of carbonyl (C=O) groups excluding carboxylic acids is 2. The Labute approximate surface area is 160 Å². The van der Waals surface area contributed by atoms with Gasteiger partial charge in [0.15, 0.2) is 5.70 Å². The maximum Gasteiger partial charge on any atom is 0.363 e. The summed E-state index contributed by atoms with van der Waals surface area (Å²) in [6.07, 6.45) is 2.59. The van der Waals surface area contributed by atoms with Gasteiger partial charge in [0.05, 0.1) is 4.92 Å². The first-order valence-electron chi connectivity index (χ1n) is 8.54. The fourth-order valence-electron chi connectivity index (χ4n) is 2.43. The van der Waals surface area contributed by atoms with Gasteiger partial charge in [-0.05, 0) is 42.3 Å². The lowest BCUT2D eigenvalue weighted by Gasteiger charge is -2.03. The third kappa shape index (κ3) is 4.47. The molecule has 2 aromatic rings. The summed E-state index contributed by atoms with van der Waals surface area (Å²) in [4.78, 5) is 37.9. The molecular weight excluding hydrogens is 364 g/mol. The van der Waals surface area contributed by atoms with Gasteiger partial charge in [-0.15, -0.1) is 0 Å². The molecule has 142 valence electrons. The van der Waals surface area contributed by atoms with Gasteiger partial charge >= 0.3 is 11.9 Å². The monoisotopic (exact) mass is 380 g/mol. The van der Waals surface area contributed by atoms with E-state index in [1.54, 1.807) is 30.3 Å². The van der Waals surface area contributed by atoms with Crippen LogP contribution in [0.3, 0.4) is 0 Å². The Kier molecular flexibility index (Phi) is 5.59. The molecule has 0 aromatic heterocycles. The molecule has 0 saturated heterocycles. The van der Waals surface area contributed by atoms with Gasteiger partial charge in [-0.1, -0.05) is 19.1 Å². The van der Waals surface area contributed by atoms with Crippen LogP contribution in [-0.4, -0.2) is 22.8 Å². The number of non-ortho nitro benzene ring substituents is 1. The fraction of sp³-hybridized carbons (Fsp3) is 0.150. The van der Waals surface area contributed by atoms with Crippen LogP contribution in [-0.2, 0) is 14.3 Å². The zero-order chi connectivity index (χ0) is 20.1. The molecule has 8 nitrogen and oxygen atoms in total. The number of cyclic esters (lactones) is 1. The summed E-state index contributed by atoms with van der Waals surface area (Å²) < 4.78 is 10.3. The van der Waals surface area contributed by atoms with Crippen molar-refractivity contribution in [1.29, 1.82) is 0 Å². The summed E-state index contributed by atoms with van der Waals surface area (Å²) in [5.41, 5.74) is 1.17. The number of nitro benzene ring substituents is 1. The van der Waals surface area contributed by atoms with E-state index in [4.69, 9.17) is 9.47 Å². The molecule has 0 N–H and O–H groups in total. The minimum Gasteiger partial charge on any atom is -0.427 e. The van der Waals surface area contributed by atoms with Gasteiger partial charge in [-0.25, -0.2) is 9.79 Å². The highest BCUT2D eigenvalue weighted by Crippen LogP contribution is 2.22. The number of nitrogens with zero attached hydrogens (tertiary/aromatic N) is 2. The Balaban J connectivity index is 1.75. The number of nitro groups is 1. The topological polar surface area (TPSA) is 108 Å². The number of hydrogen-bond donors (Lipinski definition) is 0. The van der Waals surface area contributed by atoms with E-state index in [2.05, 4.69) is 4.99 Å². The van der Waals surface area contributed by atoms with Gasteiger partial charge in [0, 0.05) is 24.1 Å². The van der Waals surface area contributed by atoms with E-state index in [0.29, 0.717) is 29.7 Å². The molecule has 0 fully saturated rings. The molecule has 0 spiro atoms. The molecule has 1 aliphatic rings. The first-order valence-corrected chi connectivity index (χ1v) is 8.54. The lowest BCUT2D eigenvalue weighted by atomic mass is 10.2. The molecule has 3 rings (SSSR count). The van der Waals surface area contributed by atoms with Gasteiger partial charge < -0.3 is 9.47 Å². The normalized spacial score (nSPS) is 14.5. The van der Waals surface area contributed by atoms with Crippen LogP contribution in [0.2, 0.25) is 0 Å². The van der Waals surface area contributed by atoms with Gasteiger partial charge in [0.2, 0.25) is 5.90 Å². The van der Waals surface area contributed by atoms with Crippen molar-refractivity contribution in [1.82, 2.24) is 0 Å². The summed E-state index contributed by atoms with van der Waals surface area (Å²) in [7, 11) is 0. The van der Waals surface area contributed by atoms with Crippen LogP contribution in [0.25, 0.3) is 6.08 Å². The largest absolute Gasteiger partial charge is 0.427 e. The van der Waals surface area contributed by atoms with E-state index >= 15 is 0 Å². The SMILES string of the molecule is CCCC(=O)Oc1ccc(/C=C2\N=C(c3ccc([N+](=O)[O-])cc3)OC2=O)cc1. The highest BCUT2D eigenvalue weighted by atomic mass is 16.6. The van der Waals surface area contributed by atoms with Crippen molar-refractivity contribution in [3.63, 3.8) is 0 Å². The molecule has 2 aromatic carbocycles. The highest BCUT2D eigenvalue weighted by Gasteiger charge is 2.24. The number of carbonyl (C=O) groups is 2. The third-order valence-electron chi connectivity index (χ3n) is 3.81. The van der Waals surface area contributed by atoms with Gasteiger partial charge in [0.25, 0.3) is 5.69 Å². The van der Waals surface area contributed by atoms with E-state index < -0.39 is 10.9 Å². The number of hydrogen-bond acceptors (Lipinski definition) is 7. The zero-order valence-corrected chi connectivity index (χ0v) is 15.0. The lowest BCUT2D eigenvalue weighted by Crippen LogP contribution is -2.06. The Morgan fingerprint density at radius 2 is 1.86 bits per heavy atom. The van der Waals surface area contributed by atoms with Crippen molar-refractivity contribution in [2.24, 2.45) is 4.99 Å². The maximum absolute atomic E-state index is 12.0. The fourth-order valence-corrected chi connectivity index (χ4v) is 2.43. The molecule has 1 aliphatic heterocycles. The average molecular weight is 380 g/mol. The van der Waals surface area contributed by atoms with Crippen LogP contribution in [0.1, 0.15) is 30.9 Å². The zero-order valence-electron chi connectivity index (χ0n) is 15.0. The van der Waals surface area contributed by atoms with Gasteiger partial charge in [-0.2, -0.15) is 0 Å². The standard InChI is InChI=1S/C20H16N2O6/c1-2-3-18(23)27-16-10-4-13(5-11-16)12-17-20(24)28-19(21-17)14-6-8-15(9-7-14)22(25)26/h4-12H,2-3H2,1H3/b17-12-. The Morgan fingerprint density at radius 1 is 1.18 bits per heavy atom. The Morgan fingerprint density at radius 3 is 2.46 bits per heavy atom. The average Bonchev–Trinajstić information content (AvgIpc) is 3.04. The van der Waals surface area contributed by atoms with Crippen LogP contribution in [0, 0.1) is 10.1 Å². The smallest absolute Gasteiger partial charge is 0.363 e. The van der Waals surface area contributed by atoms with Crippen LogP contribution >= 0.6 is 0 Å². The van der Waals surface area contributed by atoms with Crippen LogP contribution in [0.5, 0.6) is 5.75 Å². The van der Waals surface area contributed by atoms with Crippen molar-refractivity contribution < 1.29 is 24.0 Å². The molecule has 0 bridgehead atoms. The molecular formula is C20H16N2O6. The molecule has 0 saturated carbocycles. The van der Waals surface area contributed by atoms with Gasteiger partial charge in [-0.3, -0.25) is 14.9 Å². The van der Waals surface area contributed by atoms with Crippen molar-refractivity contribution >= 4 is 29.6 Å². The molecule has 0 unspecified atom stereocenters. The highest BCUT2D eigenvalue weighted by molar-refractivity contribution is 6.12. The minimum atomic E-state index is -0.619. The summed E-state index contributed by atoms with van der Waals surface area (Å²) in [6, 6.07) is 12.2. The van der Waals surface area contributed by atoms with Crippen molar-refractivity contribution in [2.45, 2.75) is 19.8 Å². The second kappa shape index (κ2) is 8.26.